The predicted molar refractivity (Wildman–Crippen MR) is 93.8 cm³/mol. The van der Waals surface area contributed by atoms with E-state index in [1.807, 2.05) is 0 Å². The minimum absolute atomic E-state index is 0.0311. The van der Waals surface area contributed by atoms with Crippen molar-refractivity contribution in [2.45, 2.75) is 6.54 Å². The Morgan fingerprint density at radius 3 is 2.74 bits per heavy atom. The van der Waals surface area contributed by atoms with Crippen LogP contribution >= 0.6 is 0 Å². The third-order valence-corrected chi connectivity index (χ3v) is 4.02. The second-order valence-electron chi connectivity index (χ2n) is 5.84. The lowest BCUT2D eigenvalue weighted by Crippen LogP contribution is -2.08. The molecule has 0 aliphatic heterocycles. The van der Waals surface area contributed by atoms with Gasteiger partial charge in [-0.05, 0) is 12.1 Å². The summed E-state index contributed by atoms with van der Waals surface area (Å²) in [6.45, 7) is -0.137. The smallest absolute Gasteiger partial charge is 0.229 e. The molecule has 0 radical (unpaired) electrons. The van der Waals surface area contributed by atoms with Gasteiger partial charge in [0.15, 0.2) is 17.2 Å². The van der Waals surface area contributed by atoms with E-state index in [1.165, 1.54) is 17.9 Å². The Morgan fingerprint density at radius 1 is 1.15 bits per heavy atom. The van der Waals surface area contributed by atoms with E-state index in [4.69, 9.17) is 4.74 Å². The van der Waals surface area contributed by atoms with Gasteiger partial charge in [0.05, 0.1) is 37.1 Å². The van der Waals surface area contributed by atoms with E-state index in [1.54, 1.807) is 36.5 Å². The van der Waals surface area contributed by atoms with Gasteiger partial charge in [-0.1, -0.05) is 0 Å². The molecule has 27 heavy (non-hydrogen) atoms. The predicted octanol–water partition coefficient (Wildman–Crippen LogP) is 2.64. The Labute approximate surface area is 152 Å². The molecule has 3 aromatic heterocycles. The molecule has 1 aromatic carbocycles. The van der Waals surface area contributed by atoms with Gasteiger partial charge < -0.3 is 10.1 Å². The summed E-state index contributed by atoms with van der Waals surface area (Å²) in [7, 11) is 3.12. The van der Waals surface area contributed by atoms with Crippen LogP contribution in [0.2, 0.25) is 0 Å². The highest BCUT2D eigenvalue weighted by Gasteiger charge is 2.17. The number of rotatable bonds is 5. The van der Waals surface area contributed by atoms with Gasteiger partial charge in [0.1, 0.15) is 5.82 Å². The Hall–Kier alpha value is -3.56. The standard InChI is InChI=1S/C17H15F2N7O/c1-25-8-11(7-21-25)23-17-20-5-10-6-22-26(16(10)24-17)9-12-13(18)3-4-14(27-2)15(12)19/h3-8H,9H2,1-2H3,(H,20,23,24). The van der Waals surface area contributed by atoms with Crippen LogP contribution in [0.15, 0.2) is 36.9 Å². The van der Waals surface area contributed by atoms with E-state index >= 15 is 0 Å². The van der Waals surface area contributed by atoms with Crippen LogP contribution in [-0.4, -0.2) is 36.6 Å². The van der Waals surface area contributed by atoms with Gasteiger partial charge in [0.25, 0.3) is 0 Å². The molecule has 0 unspecified atom stereocenters. The van der Waals surface area contributed by atoms with Crippen LogP contribution in [0.4, 0.5) is 20.4 Å². The Balaban J connectivity index is 1.69. The summed E-state index contributed by atoms with van der Waals surface area (Å²) in [6.07, 6.45) is 6.53. The number of aromatic nitrogens is 6. The maximum Gasteiger partial charge on any atom is 0.229 e. The molecule has 0 saturated carbocycles. The van der Waals surface area contributed by atoms with Gasteiger partial charge in [0, 0.05) is 25.0 Å². The van der Waals surface area contributed by atoms with Crippen molar-refractivity contribution in [1.29, 1.82) is 0 Å². The number of nitrogens with one attached hydrogen (secondary N) is 1. The lowest BCUT2D eigenvalue weighted by atomic mass is 10.2. The molecule has 4 rings (SSSR count). The molecular weight excluding hydrogens is 356 g/mol. The van der Waals surface area contributed by atoms with Crippen molar-refractivity contribution in [2.75, 3.05) is 12.4 Å². The lowest BCUT2D eigenvalue weighted by Gasteiger charge is -2.10. The number of aryl methyl sites for hydroxylation is 1. The average Bonchev–Trinajstić information content (AvgIpc) is 3.24. The largest absolute Gasteiger partial charge is 0.494 e. The van der Waals surface area contributed by atoms with Crippen molar-refractivity contribution < 1.29 is 13.5 Å². The molecule has 10 heteroatoms. The van der Waals surface area contributed by atoms with E-state index in [0.717, 1.165) is 6.07 Å². The van der Waals surface area contributed by atoms with Gasteiger partial charge in [-0.3, -0.25) is 4.68 Å². The summed E-state index contributed by atoms with van der Waals surface area (Å²) in [5.41, 5.74) is 1.01. The van der Waals surface area contributed by atoms with Crippen molar-refractivity contribution in [3.63, 3.8) is 0 Å². The van der Waals surface area contributed by atoms with Crippen LogP contribution < -0.4 is 10.1 Å². The second kappa shape index (κ2) is 6.63. The van der Waals surface area contributed by atoms with Gasteiger partial charge in [-0.25, -0.2) is 18.4 Å². The summed E-state index contributed by atoms with van der Waals surface area (Å²) in [5.74, 6) is -1.15. The normalized spacial score (nSPS) is 11.1. The summed E-state index contributed by atoms with van der Waals surface area (Å²) in [6, 6.07) is 2.40. The fourth-order valence-corrected chi connectivity index (χ4v) is 2.69. The number of halogens is 2. The van der Waals surface area contributed by atoms with Crippen molar-refractivity contribution in [1.82, 2.24) is 29.5 Å². The number of nitrogens with zero attached hydrogens (tertiary/aromatic N) is 6. The highest BCUT2D eigenvalue weighted by molar-refractivity contribution is 5.75. The summed E-state index contributed by atoms with van der Waals surface area (Å²) in [4.78, 5) is 8.62. The fourth-order valence-electron chi connectivity index (χ4n) is 2.69. The number of ether oxygens (including phenoxy) is 1. The molecule has 138 valence electrons. The highest BCUT2D eigenvalue weighted by Crippen LogP contribution is 2.25. The van der Waals surface area contributed by atoms with Crippen LogP contribution in [0.1, 0.15) is 5.56 Å². The number of anilines is 2. The minimum Gasteiger partial charge on any atom is -0.494 e. The molecule has 0 spiro atoms. The van der Waals surface area contributed by atoms with Crippen molar-refractivity contribution in [3.8, 4) is 5.75 Å². The van der Waals surface area contributed by atoms with Gasteiger partial charge in [-0.15, -0.1) is 0 Å². The third-order valence-electron chi connectivity index (χ3n) is 4.02. The molecule has 0 bridgehead atoms. The molecule has 0 aliphatic rings. The topological polar surface area (TPSA) is 82.7 Å². The Bertz CT molecular complexity index is 1120. The first-order chi connectivity index (χ1) is 13.0. The maximum atomic E-state index is 14.4. The molecule has 0 atom stereocenters. The number of benzene rings is 1. The number of methoxy groups -OCH3 is 1. The second-order valence-corrected chi connectivity index (χ2v) is 5.84. The maximum absolute atomic E-state index is 14.4. The van der Waals surface area contributed by atoms with Crippen molar-refractivity contribution in [2.24, 2.45) is 7.05 Å². The van der Waals surface area contributed by atoms with Crippen molar-refractivity contribution in [3.05, 3.63) is 54.1 Å². The molecule has 8 nitrogen and oxygen atoms in total. The lowest BCUT2D eigenvalue weighted by molar-refractivity contribution is 0.379. The molecule has 3 heterocycles. The molecule has 0 fully saturated rings. The zero-order chi connectivity index (χ0) is 19.0. The SMILES string of the molecule is COc1ccc(F)c(Cn2ncc3cnc(Nc4cnn(C)c4)nc32)c1F. The molecule has 1 N–H and O–H groups in total. The van der Waals surface area contributed by atoms with E-state index in [0.29, 0.717) is 22.7 Å². The van der Waals surface area contributed by atoms with E-state index in [2.05, 4.69) is 25.5 Å². The Morgan fingerprint density at radius 2 is 2.00 bits per heavy atom. The van der Waals surface area contributed by atoms with E-state index in [-0.39, 0.29) is 17.9 Å². The highest BCUT2D eigenvalue weighted by atomic mass is 19.1. The van der Waals surface area contributed by atoms with Crippen LogP contribution in [0, 0.1) is 11.6 Å². The van der Waals surface area contributed by atoms with Gasteiger partial charge in [0.2, 0.25) is 5.95 Å². The van der Waals surface area contributed by atoms with Gasteiger partial charge in [-0.2, -0.15) is 15.2 Å². The van der Waals surface area contributed by atoms with Crippen LogP contribution in [0.25, 0.3) is 11.0 Å². The fraction of sp³-hybridized carbons (Fsp3) is 0.176. The molecule has 4 aromatic rings. The number of fused-ring (bicyclic) bond motifs is 1. The molecular formula is C17H15F2N7O. The number of hydrogen-bond donors (Lipinski definition) is 1. The van der Waals surface area contributed by atoms with Crippen molar-refractivity contribution >= 4 is 22.7 Å². The zero-order valence-corrected chi connectivity index (χ0v) is 14.5. The van der Waals surface area contributed by atoms with E-state index in [9.17, 15) is 8.78 Å². The summed E-state index contributed by atoms with van der Waals surface area (Å²) >= 11 is 0. The van der Waals surface area contributed by atoms with Crippen LogP contribution in [0.3, 0.4) is 0 Å². The first-order valence-corrected chi connectivity index (χ1v) is 8.00. The first-order valence-electron chi connectivity index (χ1n) is 8.00. The zero-order valence-electron chi connectivity index (χ0n) is 14.5. The quantitative estimate of drug-likeness (QED) is 0.581. The molecule has 0 amide bonds. The monoisotopic (exact) mass is 371 g/mol. The average molecular weight is 371 g/mol. The Kier molecular flexibility index (Phi) is 4.15. The molecule has 0 aliphatic carbocycles. The first kappa shape index (κ1) is 16.9. The minimum atomic E-state index is -0.760. The summed E-state index contributed by atoms with van der Waals surface area (Å²) < 4.78 is 36.5. The summed E-state index contributed by atoms with van der Waals surface area (Å²) in [5, 5.41) is 11.9. The third kappa shape index (κ3) is 3.16. The van der Waals surface area contributed by atoms with Crippen LogP contribution in [0.5, 0.6) is 5.75 Å². The number of hydrogen-bond acceptors (Lipinski definition) is 6. The van der Waals surface area contributed by atoms with Gasteiger partial charge >= 0.3 is 0 Å². The molecule has 0 saturated heterocycles. The van der Waals surface area contributed by atoms with E-state index < -0.39 is 11.6 Å². The van der Waals surface area contributed by atoms with Crippen LogP contribution in [-0.2, 0) is 13.6 Å².